The third-order valence-electron chi connectivity index (χ3n) is 4.19. The first-order chi connectivity index (χ1) is 13.5. The molecular formula is C21H24N6O. The van der Waals surface area contributed by atoms with Gasteiger partial charge in [0.2, 0.25) is 0 Å². The van der Waals surface area contributed by atoms with Gasteiger partial charge in [0.1, 0.15) is 11.6 Å². The van der Waals surface area contributed by atoms with Crippen molar-refractivity contribution in [1.29, 1.82) is 0 Å². The Bertz CT molecular complexity index is 955. The van der Waals surface area contributed by atoms with Crippen LogP contribution in [0.5, 0.6) is 0 Å². The molecule has 0 unspecified atom stereocenters. The zero-order valence-electron chi connectivity index (χ0n) is 16.3. The molecule has 0 atom stereocenters. The van der Waals surface area contributed by atoms with Gasteiger partial charge in [-0.25, -0.2) is 4.98 Å². The maximum absolute atomic E-state index is 12.3. The topological polar surface area (TPSA) is 91.8 Å². The first kappa shape index (κ1) is 19.3. The molecule has 0 saturated heterocycles. The fourth-order valence-electron chi connectivity index (χ4n) is 2.67. The lowest BCUT2D eigenvalue weighted by Crippen LogP contribution is -2.29. The van der Waals surface area contributed by atoms with E-state index in [9.17, 15) is 4.79 Å². The summed E-state index contributed by atoms with van der Waals surface area (Å²) in [5, 5.41) is 17.4. The van der Waals surface area contributed by atoms with Gasteiger partial charge in [-0.15, -0.1) is 10.2 Å². The van der Waals surface area contributed by atoms with Gasteiger partial charge in [-0.1, -0.05) is 17.7 Å². The molecule has 3 N–H and O–H groups in total. The molecule has 0 aliphatic heterocycles. The Morgan fingerprint density at radius 2 is 1.61 bits per heavy atom. The number of nitrogens with one attached hydrogen (secondary N) is 3. The van der Waals surface area contributed by atoms with Gasteiger partial charge in [-0.3, -0.25) is 4.79 Å². The predicted molar refractivity (Wildman–Crippen MR) is 111 cm³/mol. The third kappa shape index (κ3) is 5.26. The average Bonchev–Trinajstić information content (AvgIpc) is 2.68. The Morgan fingerprint density at radius 3 is 2.36 bits per heavy atom. The highest BCUT2D eigenvalue weighted by Gasteiger charge is 2.08. The van der Waals surface area contributed by atoms with E-state index in [1.54, 1.807) is 6.20 Å². The molecule has 1 amide bonds. The molecule has 0 radical (unpaired) electrons. The quantitative estimate of drug-likeness (QED) is 0.548. The highest BCUT2D eigenvalue weighted by atomic mass is 16.1. The predicted octanol–water partition coefficient (Wildman–Crippen LogP) is 3.38. The number of carbonyl (C=O) groups is 1. The molecule has 7 heteroatoms. The first-order valence-electron chi connectivity index (χ1n) is 9.14. The summed E-state index contributed by atoms with van der Waals surface area (Å²) in [7, 11) is 0. The van der Waals surface area contributed by atoms with Gasteiger partial charge in [0.25, 0.3) is 5.91 Å². The smallest absolute Gasteiger partial charge is 0.251 e. The van der Waals surface area contributed by atoms with Crippen LogP contribution >= 0.6 is 0 Å². The zero-order chi connectivity index (χ0) is 19.9. The second-order valence-electron chi connectivity index (χ2n) is 6.65. The minimum absolute atomic E-state index is 0.0701. The SMILES string of the molecule is Cc1ccnc(Nc2ccc(NCCNC(=O)c3cc(C)ccc3C)nn2)c1. The van der Waals surface area contributed by atoms with Crippen LogP contribution in [0, 0.1) is 20.8 Å². The van der Waals surface area contributed by atoms with E-state index in [0.717, 1.165) is 22.5 Å². The van der Waals surface area contributed by atoms with Crippen molar-refractivity contribution in [2.75, 3.05) is 23.7 Å². The summed E-state index contributed by atoms with van der Waals surface area (Å²) in [6, 6.07) is 13.4. The number of rotatable bonds is 7. The molecular weight excluding hydrogens is 352 g/mol. The second kappa shape index (κ2) is 8.94. The fourth-order valence-corrected chi connectivity index (χ4v) is 2.67. The van der Waals surface area contributed by atoms with Crippen LogP contribution < -0.4 is 16.0 Å². The van der Waals surface area contributed by atoms with Gasteiger partial charge in [-0.2, -0.15) is 0 Å². The largest absolute Gasteiger partial charge is 0.367 e. The first-order valence-corrected chi connectivity index (χ1v) is 9.14. The molecule has 3 aromatic rings. The van der Waals surface area contributed by atoms with Crippen molar-refractivity contribution in [3.8, 4) is 0 Å². The lowest BCUT2D eigenvalue weighted by Gasteiger charge is -2.10. The van der Waals surface area contributed by atoms with Crippen LogP contribution in [0.4, 0.5) is 17.5 Å². The Hall–Kier alpha value is -3.48. The van der Waals surface area contributed by atoms with Crippen LogP contribution in [0.1, 0.15) is 27.0 Å². The molecule has 0 aliphatic carbocycles. The molecule has 0 fully saturated rings. The second-order valence-corrected chi connectivity index (χ2v) is 6.65. The molecule has 2 heterocycles. The highest BCUT2D eigenvalue weighted by Crippen LogP contribution is 2.13. The van der Waals surface area contributed by atoms with Gasteiger partial charge < -0.3 is 16.0 Å². The maximum Gasteiger partial charge on any atom is 0.251 e. The van der Waals surface area contributed by atoms with Crippen molar-refractivity contribution in [3.05, 3.63) is 70.9 Å². The molecule has 2 aromatic heterocycles. The Balaban J connectivity index is 1.46. The lowest BCUT2D eigenvalue weighted by atomic mass is 10.1. The molecule has 28 heavy (non-hydrogen) atoms. The van der Waals surface area contributed by atoms with Crippen molar-refractivity contribution < 1.29 is 4.79 Å². The zero-order valence-corrected chi connectivity index (χ0v) is 16.3. The standard InChI is InChI=1S/C21H24N6O/c1-14-4-5-16(3)17(12-14)21(28)24-11-10-23-18-6-7-19(27-26-18)25-20-13-15(2)8-9-22-20/h4-9,12-13H,10-11H2,1-3H3,(H,23,26)(H,24,28)(H,22,25,27). The maximum atomic E-state index is 12.3. The minimum Gasteiger partial charge on any atom is -0.367 e. The molecule has 7 nitrogen and oxygen atoms in total. The van der Waals surface area contributed by atoms with Gasteiger partial charge in [0.05, 0.1) is 0 Å². The van der Waals surface area contributed by atoms with Crippen molar-refractivity contribution in [2.24, 2.45) is 0 Å². The van der Waals surface area contributed by atoms with Crippen LogP contribution in [-0.4, -0.2) is 34.2 Å². The van der Waals surface area contributed by atoms with Crippen molar-refractivity contribution in [2.45, 2.75) is 20.8 Å². The monoisotopic (exact) mass is 376 g/mol. The number of anilines is 3. The van der Waals surface area contributed by atoms with E-state index in [-0.39, 0.29) is 5.91 Å². The molecule has 1 aromatic carbocycles. The minimum atomic E-state index is -0.0701. The number of aromatic nitrogens is 3. The molecule has 0 saturated carbocycles. The van der Waals surface area contributed by atoms with E-state index in [2.05, 4.69) is 31.1 Å². The highest BCUT2D eigenvalue weighted by molar-refractivity contribution is 5.95. The van der Waals surface area contributed by atoms with Gasteiger partial charge in [0, 0.05) is 24.8 Å². The summed E-state index contributed by atoms with van der Waals surface area (Å²) in [5.74, 6) is 1.92. The van der Waals surface area contributed by atoms with Crippen molar-refractivity contribution >= 4 is 23.4 Å². The summed E-state index contributed by atoms with van der Waals surface area (Å²) in [5.41, 5.74) is 3.86. The molecule has 0 spiro atoms. The van der Waals surface area contributed by atoms with E-state index in [0.29, 0.717) is 30.3 Å². The van der Waals surface area contributed by atoms with Crippen molar-refractivity contribution in [1.82, 2.24) is 20.5 Å². The Kier molecular flexibility index (Phi) is 6.16. The third-order valence-corrected chi connectivity index (χ3v) is 4.19. The van der Waals surface area contributed by atoms with E-state index in [4.69, 9.17) is 0 Å². The number of nitrogens with zero attached hydrogens (tertiary/aromatic N) is 3. The number of aryl methyl sites for hydroxylation is 3. The number of hydrogen-bond donors (Lipinski definition) is 3. The van der Waals surface area contributed by atoms with Gasteiger partial charge in [0.15, 0.2) is 5.82 Å². The summed E-state index contributed by atoms with van der Waals surface area (Å²) >= 11 is 0. The van der Waals surface area contributed by atoms with Gasteiger partial charge in [-0.05, 0) is 62.2 Å². The van der Waals surface area contributed by atoms with Crippen LogP contribution in [0.15, 0.2) is 48.7 Å². The van der Waals surface area contributed by atoms with Crippen LogP contribution in [0.25, 0.3) is 0 Å². The Morgan fingerprint density at radius 1 is 0.857 bits per heavy atom. The lowest BCUT2D eigenvalue weighted by molar-refractivity contribution is 0.0954. The van der Waals surface area contributed by atoms with E-state index in [1.165, 1.54) is 0 Å². The number of carbonyl (C=O) groups excluding carboxylic acids is 1. The molecule has 144 valence electrons. The molecule has 0 aliphatic rings. The Labute approximate surface area is 164 Å². The molecule has 3 rings (SSSR count). The van der Waals surface area contributed by atoms with Gasteiger partial charge >= 0.3 is 0 Å². The van der Waals surface area contributed by atoms with E-state index >= 15 is 0 Å². The van der Waals surface area contributed by atoms with Crippen LogP contribution in [0.2, 0.25) is 0 Å². The molecule has 0 bridgehead atoms. The number of benzene rings is 1. The summed E-state index contributed by atoms with van der Waals surface area (Å²) in [6.45, 7) is 6.96. The van der Waals surface area contributed by atoms with E-state index < -0.39 is 0 Å². The summed E-state index contributed by atoms with van der Waals surface area (Å²) in [4.78, 5) is 16.5. The average molecular weight is 376 g/mol. The normalized spacial score (nSPS) is 10.4. The number of hydrogen-bond acceptors (Lipinski definition) is 6. The number of pyridine rings is 1. The number of amides is 1. The van der Waals surface area contributed by atoms with Crippen LogP contribution in [-0.2, 0) is 0 Å². The fraction of sp³-hybridized carbons (Fsp3) is 0.238. The summed E-state index contributed by atoms with van der Waals surface area (Å²) in [6.07, 6.45) is 1.74. The van der Waals surface area contributed by atoms with Crippen molar-refractivity contribution in [3.63, 3.8) is 0 Å². The van der Waals surface area contributed by atoms with E-state index in [1.807, 2.05) is 63.2 Å². The summed E-state index contributed by atoms with van der Waals surface area (Å²) < 4.78 is 0. The van der Waals surface area contributed by atoms with Crippen LogP contribution in [0.3, 0.4) is 0 Å².